The first-order chi connectivity index (χ1) is 7.35. The summed E-state index contributed by atoms with van der Waals surface area (Å²) < 4.78 is 1.81. The maximum Gasteiger partial charge on any atom is 0.136 e. The van der Waals surface area contributed by atoms with Crippen LogP contribution in [-0.2, 0) is 0 Å². The number of aromatic nitrogens is 2. The average Bonchev–Trinajstić information content (AvgIpc) is 2.69. The van der Waals surface area contributed by atoms with Gasteiger partial charge < -0.3 is 9.51 Å². The van der Waals surface area contributed by atoms with Gasteiger partial charge in [0.05, 0.1) is 12.3 Å². The maximum absolute atomic E-state index is 9.02. The van der Waals surface area contributed by atoms with Gasteiger partial charge in [0.25, 0.3) is 0 Å². The number of hydrogen-bond acceptors (Lipinski definition) is 3. The van der Waals surface area contributed by atoms with E-state index >= 15 is 0 Å². The molecule has 0 aromatic carbocycles. The Kier molecular flexibility index (Phi) is 2.53. The minimum Gasteiger partial charge on any atom is -0.396 e. The number of fused-ring (bicyclic) bond motifs is 1. The zero-order chi connectivity index (χ0) is 10.7. The molecule has 0 radical (unpaired) electrons. The van der Waals surface area contributed by atoms with Gasteiger partial charge in [0, 0.05) is 17.3 Å². The first kappa shape index (κ1) is 9.51. The Hall–Kier alpha value is -2.04. The molecule has 0 aliphatic rings. The second-order valence-electron chi connectivity index (χ2n) is 3.04. The summed E-state index contributed by atoms with van der Waals surface area (Å²) in [6.07, 6.45) is 3.58. The molecule has 2 aromatic rings. The zero-order valence-corrected chi connectivity index (χ0v) is 7.85. The summed E-state index contributed by atoms with van der Waals surface area (Å²) in [7, 11) is 0. The van der Waals surface area contributed by atoms with E-state index in [4.69, 9.17) is 10.6 Å². The predicted molar refractivity (Wildman–Crippen MR) is 54.2 cm³/mol. The number of aliphatic hydroxyl groups excluding tert-OH is 1. The van der Waals surface area contributed by atoms with E-state index in [9.17, 15) is 0 Å². The summed E-state index contributed by atoms with van der Waals surface area (Å²) in [6.45, 7) is -0.242. The normalized spacial score (nSPS) is 12.3. The van der Waals surface area contributed by atoms with Gasteiger partial charge in [-0.1, -0.05) is 11.2 Å². The first-order valence-electron chi connectivity index (χ1n) is 4.44. The highest BCUT2D eigenvalue weighted by molar-refractivity contribution is 5.40. The lowest BCUT2D eigenvalue weighted by atomic mass is 10.2. The van der Waals surface area contributed by atoms with Gasteiger partial charge in [0.1, 0.15) is 11.7 Å². The molecule has 2 rings (SSSR count). The fourth-order valence-electron chi connectivity index (χ4n) is 1.37. The highest BCUT2D eigenvalue weighted by Gasteiger charge is 2.11. The van der Waals surface area contributed by atoms with Crippen molar-refractivity contribution in [3.05, 3.63) is 46.7 Å². The van der Waals surface area contributed by atoms with E-state index < -0.39 is 6.04 Å². The van der Waals surface area contributed by atoms with Gasteiger partial charge >= 0.3 is 0 Å². The Morgan fingerprint density at radius 3 is 3.13 bits per heavy atom. The molecule has 0 aliphatic heterocycles. The van der Waals surface area contributed by atoms with Crippen molar-refractivity contribution in [1.29, 1.82) is 0 Å². The van der Waals surface area contributed by atoms with Gasteiger partial charge in [-0.25, -0.2) is 4.98 Å². The van der Waals surface area contributed by atoms with E-state index in [1.54, 1.807) is 6.20 Å². The van der Waals surface area contributed by atoms with Crippen LogP contribution in [0.2, 0.25) is 0 Å². The van der Waals surface area contributed by atoms with E-state index in [0.717, 1.165) is 5.65 Å². The summed E-state index contributed by atoms with van der Waals surface area (Å²) in [4.78, 5) is 6.91. The Morgan fingerprint density at radius 2 is 2.47 bits per heavy atom. The maximum atomic E-state index is 9.02. The molecule has 15 heavy (non-hydrogen) atoms. The number of pyridine rings is 1. The van der Waals surface area contributed by atoms with Crippen molar-refractivity contribution in [2.75, 3.05) is 6.61 Å². The highest BCUT2D eigenvalue weighted by atomic mass is 16.3. The third kappa shape index (κ3) is 1.76. The molecule has 6 heteroatoms. The molecular weight excluding hydrogens is 194 g/mol. The van der Waals surface area contributed by atoms with E-state index in [2.05, 4.69) is 15.0 Å². The topological polar surface area (TPSA) is 86.3 Å². The van der Waals surface area contributed by atoms with Crippen molar-refractivity contribution in [1.82, 2.24) is 9.38 Å². The molecular formula is C9H9N5O. The molecule has 0 saturated heterocycles. The summed E-state index contributed by atoms with van der Waals surface area (Å²) in [6, 6.07) is 4.97. The molecule has 0 fully saturated rings. The second-order valence-corrected chi connectivity index (χ2v) is 3.04. The lowest BCUT2D eigenvalue weighted by Gasteiger charge is -2.00. The predicted octanol–water partition coefficient (Wildman–Crippen LogP) is 1.68. The van der Waals surface area contributed by atoms with Gasteiger partial charge in [-0.15, -0.1) is 0 Å². The van der Waals surface area contributed by atoms with Gasteiger partial charge in [-0.2, -0.15) is 0 Å². The average molecular weight is 203 g/mol. The second kappa shape index (κ2) is 4.00. The Morgan fingerprint density at radius 1 is 1.60 bits per heavy atom. The van der Waals surface area contributed by atoms with Crippen molar-refractivity contribution in [2.24, 2.45) is 5.11 Å². The fraction of sp³-hybridized carbons (Fsp3) is 0.222. The smallest absolute Gasteiger partial charge is 0.136 e. The Balaban J connectivity index is 2.47. The van der Waals surface area contributed by atoms with Crippen LogP contribution in [0.1, 0.15) is 11.7 Å². The van der Waals surface area contributed by atoms with Crippen LogP contribution in [0.15, 0.2) is 35.7 Å². The molecule has 0 spiro atoms. The van der Waals surface area contributed by atoms with Crippen molar-refractivity contribution >= 4 is 5.65 Å². The number of azide groups is 1. The van der Waals surface area contributed by atoms with Crippen molar-refractivity contribution in [2.45, 2.75) is 6.04 Å². The number of nitrogens with zero attached hydrogens (tertiary/aromatic N) is 5. The van der Waals surface area contributed by atoms with Gasteiger partial charge in [-0.05, 0) is 17.7 Å². The summed E-state index contributed by atoms with van der Waals surface area (Å²) >= 11 is 0. The minimum atomic E-state index is -0.616. The monoisotopic (exact) mass is 203 g/mol. The molecule has 1 unspecified atom stereocenters. The van der Waals surface area contributed by atoms with Crippen LogP contribution in [0, 0.1) is 0 Å². The minimum absolute atomic E-state index is 0.242. The molecule has 2 aromatic heterocycles. The van der Waals surface area contributed by atoms with Crippen LogP contribution >= 0.6 is 0 Å². The van der Waals surface area contributed by atoms with E-state index in [1.165, 1.54) is 0 Å². The Labute approximate surface area is 85.4 Å². The quantitative estimate of drug-likeness (QED) is 0.467. The van der Waals surface area contributed by atoms with Crippen LogP contribution in [0.5, 0.6) is 0 Å². The van der Waals surface area contributed by atoms with Gasteiger partial charge in [-0.3, -0.25) is 0 Å². The number of hydrogen-bond donors (Lipinski definition) is 1. The molecule has 76 valence electrons. The lowest BCUT2D eigenvalue weighted by Crippen LogP contribution is -1.99. The number of rotatable bonds is 3. The van der Waals surface area contributed by atoms with Crippen LogP contribution in [-0.4, -0.2) is 21.1 Å². The van der Waals surface area contributed by atoms with Gasteiger partial charge in [0.2, 0.25) is 0 Å². The molecule has 2 heterocycles. The largest absolute Gasteiger partial charge is 0.396 e. The molecule has 6 nitrogen and oxygen atoms in total. The van der Waals surface area contributed by atoms with Crippen LogP contribution in [0.25, 0.3) is 16.1 Å². The molecule has 0 aliphatic carbocycles. The molecule has 0 saturated carbocycles. The molecule has 0 bridgehead atoms. The third-order valence-electron chi connectivity index (χ3n) is 2.09. The van der Waals surface area contributed by atoms with E-state index in [1.807, 2.05) is 28.8 Å². The van der Waals surface area contributed by atoms with Crippen LogP contribution in [0.3, 0.4) is 0 Å². The highest BCUT2D eigenvalue weighted by Crippen LogP contribution is 2.16. The SMILES string of the molecule is [N-]=[N+]=NC(CO)c1cn2ccccc2n1. The molecule has 1 N–H and O–H groups in total. The Bertz CT molecular complexity index is 481. The van der Waals surface area contributed by atoms with E-state index in [0.29, 0.717) is 5.69 Å². The first-order valence-corrected chi connectivity index (χ1v) is 4.44. The van der Waals surface area contributed by atoms with Crippen molar-refractivity contribution < 1.29 is 5.11 Å². The van der Waals surface area contributed by atoms with Crippen molar-refractivity contribution in [3.63, 3.8) is 0 Å². The summed E-state index contributed by atoms with van der Waals surface area (Å²) in [5.41, 5.74) is 9.65. The van der Waals surface area contributed by atoms with E-state index in [-0.39, 0.29) is 6.61 Å². The molecule has 0 amide bonds. The standard InChI is InChI=1S/C9H9N5O/c10-13-12-8(6-15)7-5-14-4-2-1-3-9(14)11-7/h1-5,8,15H,6H2. The zero-order valence-electron chi connectivity index (χ0n) is 7.85. The van der Waals surface area contributed by atoms with Crippen molar-refractivity contribution in [3.8, 4) is 0 Å². The third-order valence-corrected chi connectivity index (χ3v) is 2.09. The van der Waals surface area contributed by atoms with Crippen LogP contribution in [0.4, 0.5) is 0 Å². The number of aliphatic hydroxyl groups is 1. The fourth-order valence-corrected chi connectivity index (χ4v) is 1.37. The van der Waals surface area contributed by atoms with Crippen LogP contribution < -0.4 is 0 Å². The number of imidazole rings is 1. The summed E-state index contributed by atoms with van der Waals surface area (Å²) in [5.74, 6) is 0. The van der Waals surface area contributed by atoms with Gasteiger partial charge in [0.15, 0.2) is 0 Å². The lowest BCUT2D eigenvalue weighted by molar-refractivity contribution is 0.266. The summed E-state index contributed by atoms with van der Waals surface area (Å²) in [5, 5.41) is 12.5. The molecule has 1 atom stereocenters.